The summed E-state index contributed by atoms with van der Waals surface area (Å²) in [5.41, 5.74) is 0.798. The Balaban J connectivity index is 2.84. The number of rotatable bonds is 4. The van der Waals surface area contributed by atoms with Crippen LogP contribution in [0.3, 0.4) is 0 Å². The van der Waals surface area contributed by atoms with E-state index in [2.05, 4.69) is 9.47 Å². The molecule has 1 aromatic rings. The lowest BCUT2D eigenvalue weighted by atomic mass is 10.0. The number of aliphatic hydroxyl groups excluding tert-OH is 1. The van der Waals surface area contributed by atoms with E-state index in [-0.39, 0.29) is 6.42 Å². The molecule has 0 unspecified atom stereocenters. The maximum Gasteiger partial charge on any atom is 0.337 e. The number of esters is 2. The summed E-state index contributed by atoms with van der Waals surface area (Å²) in [4.78, 5) is 22.3. The molecule has 5 heteroatoms. The van der Waals surface area contributed by atoms with E-state index in [1.54, 1.807) is 18.2 Å². The summed E-state index contributed by atoms with van der Waals surface area (Å²) >= 11 is 0. The number of hydrogen-bond donors (Lipinski definition) is 1. The van der Waals surface area contributed by atoms with Gasteiger partial charge in [0.05, 0.1) is 32.3 Å². The topological polar surface area (TPSA) is 72.8 Å². The van der Waals surface area contributed by atoms with E-state index in [0.717, 1.165) is 0 Å². The molecule has 92 valence electrons. The zero-order valence-electron chi connectivity index (χ0n) is 9.67. The Kier molecular flexibility index (Phi) is 4.66. The van der Waals surface area contributed by atoms with Gasteiger partial charge in [-0.15, -0.1) is 0 Å². The first-order valence-corrected chi connectivity index (χ1v) is 5.01. The van der Waals surface area contributed by atoms with Gasteiger partial charge < -0.3 is 14.6 Å². The molecule has 1 N–H and O–H groups in total. The van der Waals surface area contributed by atoms with Gasteiger partial charge in [0.15, 0.2) is 0 Å². The van der Waals surface area contributed by atoms with E-state index in [4.69, 9.17) is 0 Å². The summed E-state index contributed by atoms with van der Waals surface area (Å²) in [6.07, 6.45) is -1.15. The van der Waals surface area contributed by atoms with Crippen molar-refractivity contribution in [3.63, 3.8) is 0 Å². The minimum atomic E-state index is -0.993. The number of aliphatic hydroxyl groups is 1. The molecular weight excluding hydrogens is 224 g/mol. The quantitative estimate of drug-likeness (QED) is 0.794. The largest absolute Gasteiger partial charge is 0.469 e. The summed E-state index contributed by atoms with van der Waals surface area (Å²) in [5, 5.41) is 9.75. The van der Waals surface area contributed by atoms with Gasteiger partial charge in [-0.05, 0) is 17.7 Å². The van der Waals surface area contributed by atoms with Crippen LogP contribution in [0.15, 0.2) is 24.3 Å². The first kappa shape index (κ1) is 13.2. The van der Waals surface area contributed by atoms with E-state index in [1.165, 1.54) is 20.3 Å². The van der Waals surface area contributed by atoms with E-state index in [1.807, 2.05) is 0 Å². The summed E-state index contributed by atoms with van der Waals surface area (Å²) < 4.78 is 9.01. The van der Waals surface area contributed by atoms with E-state index >= 15 is 0 Å². The predicted octanol–water partition coefficient (Wildman–Crippen LogP) is 1.07. The van der Waals surface area contributed by atoms with Crippen molar-refractivity contribution in [1.82, 2.24) is 0 Å². The highest BCUT2D eigenvalue weighted by Gasteiger charge is 2.15. The Bertz CT molecular complexity index is 413. The van der Waals surface area contributed by atoms with Crippen LogP contribution in [0.4, 0.5) is 0 Å². The van der Waals surface area contributed by atoms with Crippen molar-refractivity contribution in [1.29, 1.82) is 0 Å². The van der Waals surface area contributed by atoms with Crippen LogP contribution in [0.25, 0.3) is 0 Å². The van der Waals surface area contributed by atoms with E-state index in [9.17, 15) is 14.7 Å². The van der Waals surface area contributed by atoms with Crippen LogP contribution in [-0.4, -0.2) is 31.3 Å². The van der Waals surface area contributed by atoms with Crippen LogP contribution in [0.1, 0.15) is 28.4 Å². The fourth-order valence-electron chi connectivity index (χ4n) is 1.35. The molecule has 5 nitrogen and oxygen atoms in total. The first-order valence-electron chi connectivity index (χ1n) is 5.01. The predicted molar refractivity (Wildman–Crippen MR) is 59.4 cm³/mol. The highest BCUT2D eigenvalue weighted by molar-refractivity contribution is 5.89. The second kappa shape index (κ2) is 6.00. The molecule has 0 saturated heterocycles. The van der Waals surface area contributed by atoms with Crippen molar-refractivity contribution in [2.45, 2.75) is 12.5 Å². The number of benzene rings is 1. The third-order valence-corrected chi connectivity index (χ3v) is 2.28. The molecular formula is C12H14O5. The maximum atomic E-state index is 11.3. The molecule has 17 heavy (non-hydrogen) atoms. The van der Waals surface area contributed by atoms with Gasteiger partial charge >= 0.3 is 11.9 Å². The van der Waals surface area contributed by atoms with Crippen LogP contribution < -0.4 is 0 Å². The molecule has 0 amide bonds. The van der Waals surface area contributed by atoms with Crippen molar-refractivity contribution < 1.29 is 24.2 Å². The number of carbonyl (C=O) groups is 2. The van der Waals surface area contributed by atoms with Crippen LogP contribution in [0, 0.1) is 0 Å². The van der Waals surface area contributed by atoms with Gasteiger partial charge in [0.25, 0.3) is 0 Å². The third kappa shape index (κ3) is 3.57. The number of methoxy groups -OCH3 is 2. The van der Waals surface area contributed by atoms with E-state index in [0.29, 0.717) is 11.1 Å². The van der Waals surface area contributed by atoms with Gasteiger partial charge in [-0.2, -0.15) is 0 Å². The van der Waals surface area contributed by atoms with Crippen molar-refractivity contribution in [3.8, 4) is 0 Å². The van der Waals surface area contributed by atoms with Gasteiger partial charge in [0, 0.05) is 0 Å². The molecule has 0 aliphatic rings. The lowest BCUT2D eigenvalue weighted by Gasteiger charge is -2.10. The minimum Gasteiger partial charge on any atom is -0.469 e. The average molecular weight is 238 g/mol. The van der Waals surface area contributed by atoms with Crippen LogP contribution >= 0.6 is 0 Å². The SMILES string of the molecule is COC(=O)C[C@@H](O)c1cccc(C(=O)OC)c1. The Morgan fingerprint density at radius 2 is 2.00 bits per heavy atom. The number of ether oxygens (including phenoxy) is 2. The Labute approximate surface area is 99.0 Å². The normalized spacial score (nSPS) is 11.7. The molecule has 0 bridgehead atoms. The molecule has 1 atom stereocenters. The Morgan fingerprint density at radius 3 is 2.59 bits per heavy atom. The molecule has 0 radical (unpaired) electrons. The maximum absolute atomic E-state index is 11.3. The third-order valence-electron chi connectivity index (χ3n) is 2.28. The minimum absolute atomic E-state index is 0.152. The fourth-order valence-corrected chi connectivity index (χ4v) is 1.35. The summed E-state index contributed by atoms with van der Waals surface area (Å²) in [7, 11) is 2.53. The van der Waals surface area contributed by atoms with Gasteiger partial charge in [0.1, 0.15) is 0 Å². The van der Waals surface area contributed by atoms with Crippen LogP contribution in [0.5, 0.6) is 0 Å². The molecule has 1 aromatic carbocycles. The monoisotopic (exact) mass is 238 g/mol. The standard InChI is InChI=1S/C12H14O5/c1-16-11(14)7-10(13)8-4-3-5-9(6-8)12(15)17-2/h3-6,10,13H,7H2,1-2H3/t10-/m1/s1. The summed E-state index contributed by atoms with van der Waals surface area (Å²) in [6.45, 7) is 0. The Hall–Kier alpha value is -1.88. The van der Waals surface area contributed by atoms with Gasteiger partial charge in [-0.25, -0.2) is 4.79 Å². The van der Waals surface area contributed by atoms with Gasteiger partial charge in [0.2, 0.25) is 0 Å². The number of hydrogen-bond acceptors (Lipinski definition) is 5. The second-order valence-electron chi connectivity index (χ2n) is 3.41. The average Bonchev–Trinajstić information content (AvgIpc) is 2.37. The molecule has 0 aliphatic heterocycles. The lowest BCUT2D eigenvalue weighted by molar-refractivity contribution is -0.142. The number of carbonyl (C=O) groups excluding carboxylic acids is 2. The summed E-state index contributed by atoms with van der Waals surface area (Å²) in [5.74, 6) is -1.00. The van der Waals surface area contributed by atoms with Gasteiger partial charge in [-0.1, -0.05) is 12.1 Å². The van der Waals surface area contributed by atoms with Crippen LogP contribution in [-0.2, 0) is 14.3 Å². The first-order chi connectivity index (χ1) is 8.08. The highest BCUT2D eigenvalue weighted by Crippen LogP contribution is 2.18. The smallest absolute Gasteiger partial charge is 0.337 e. The molecule has 0 fully saturated rings. The highest BCUT2D eigenvalue weighted by atomic mass is 16.5. The zero-order chi connectivity index (χ0) is 12.8. The van der Waals surface area contributed by atoms with Crippen LogP contribution in [0.2, 0.25) is 0 Å². The Morgan fingerprint density at radius 1 is 1.29 bits per heavy atom. The van der Waals surface area contributed by atoms with E-state index < -0.39 is 18.0 Å². The molecule has 0 saturated carbocycles. The van der Waals surface area contributed by atoms with Crippen molar-refractivity contribution in [3.05, 3.63) is 35.4 Å². The molecule has 0 aromatic heterocycles. The summed E-state index contributed by atoms with van der Waals surface area (Å²) in [6, 6.07) is 6.29. The van der Waals surface area contributed by atoms with Gasteiger partial charge in [-0.3, -0.25) is 4.79 Å². The van der Waals surface area contributed by atoms with Crippen molar-refractivity contribution in [2.75, 3.05) is 14.2 Å². The molecule has 0 heterocycles. The van der Waals surface area contributed by atoms with Crippen molar-refractivity contribution in [2.24, 2.45) is 0 Å². The second-order valence-corrected chi connectivity index (χ2v) is 3.41. The zero-order valence-corrected chi connectivity index (χ0v) is 9.67. The van der Waals surface area contributed by atoms with Crippen molar-refractivity contribution >= 4 is 11.9 Å². The molecule has 1 rings (SSSR count). The molecule has 0 spiro atoms. The lowest BCUT2D eigenvalue weighted by Crippen LogP contribution is -2.09. The molecule has 0 aliphatic carbocycles. The fraction of sp³-hybridized carbons (Fsp3) is 0.333.